The van der Waals surface area contributed by atoms with E-state index < -0.39 is 11.5 Å². The lowest BCUT2D eigenvalue weighted by Crippen LogP contribution is -2.40. The SMILES string of the molecule is Cc1c(C2(C(=O)NC(C)c3ncc(C#N)cn3)CC2)c(=O)[nH]c2cccc(C#N)c12. The highest BCUT2D eigenvalue weighted by Gasteiger charge is 2.54. The van der Waals surface area contributed by atoms with Gasteiger partial charge in [-0.25, -0.2) is 9.97 Å². The average Bonchev–Trinajstić information content (AvgIpc) is 3.54. The molecule has 0 saturated heterocycles. The van der Waals surface area contributed by atoms with Gasteiger partial charge in [0.15, 0.2) is 0 Å². The van der Waals surface area contributed by atoms with Crippen molar-refractivity contribution in [1.29, 1.82) is 10.5 Å². The van der Waals surface area contributed by atoms with Crippen LogP contribution in [-0.2, 0) is 10.2 Å². The largest absolute Gasteiger partial charge is 0.346 e. The molecule has 30 heavy (non-hydrogen) atoms. The van der Waals surface area contributed by atoms with Crippen molar-refractivity contribution in [2.75, 3.05) is 0 Å². The molecular weight excluding hydrogens is 380 g/mol. The van der Waals surface area contributed by atoms with Crippen molar-refractivity contribution in [3.05, 3.63) is 69.0 Å². The van der Waals surface area contributed by atoms with Crippen LogP contribution in [0.15, 0.2) is 35.4 Å². The molecule has 0 spiro atoms. The number of hydrogen-bond acceptors (Lipinski definition) is 6. The fraction of sp³-hybridized carbons (Fsp3) is 0.273. The molecule has 2 heterocycles. The van der Waals surface area contributed by atoms with Gasteiger partial charge >= 0.3 is 0 Å². The van der Waals surface area contributed by atoms with Crippen LogP contribution in [0.5, 0.6) is 0 Å². The van der Waals surface area contributed by atoms with Gasteiger partial charge in [0.25, 0.3) is 5.56 Å². The van der Waals surface area contributed by atoms with E-state index in [0.717, 1.165) is 0 Å². The lowest BCUT2D eigenvalue weighted by atomic mass is 9.89. The van der Waals surface area contributed by atoms with Crippen molar-refractivity contribution in [1.82, 2.24) is 20.3 Å². The first-order valence-corrected chi connectivity index (χ1v) is 9.50. The standard InChI is InChI=1S/C22H18N6O2/c1-12-17-15(9-24)4-3-5-16(17)28-20(29)18(12)22(6-7-22)21(30)27-13(2)19-25-10-14(8-23)11-26-19/h3-5,10-11,13H,6-7H2,1-2H3,(H,27,30)(H,28,29). The van der Waals surface area contributed by atoms with E-state index in [9.17, 15) is 14.9 Å². The van der Waals surface area contributed by atoms with Crippen molar-refractivity contribution in [3.63, 3.8) is 0 Å². The van der Waals surface area contributed by atoms with Crippen LogP contribution in [0.4, 0.5) is 0 Å². The first-order chi connectivity index (χ1) is 14.4. The smallest absolute Gasteiger partial charge is 0.252 e. The number of aryl methyl sites for hydroxylation is 1. The molecule has 8 nitrogen and oxygen atoms in total. The van der Waals surface area contributed by atoms with Gasteiger partial charge in [-0.05, 0) is 44.4 Å². The van der Waals surface area contributed by atoms with E-state index in [0.29, 0.717) is 51.8 Å². The summed E-state index contributed by atoms with van der Waals surface area (Å²) < 4.78 is 0. The Labute approximate surface area is 172 Å². The van der Waals surface area contributed by atoms with E-state index in [2.05, 4.69) is 26.3 Å². The van der Waals surface area contributed by atoms with Crippen LogP contribution in [0.1, 0.15) is 53.9 Å². The monoisotopic (exact) mass is 398 g/mol. The Kier molecular flexibility index (Phi) is 4.56. The molecule has 1 amide bonds. The third-order valence-electron chi connectivity index (χ3n) is 5.61. The fourth-order valence-electron chi connectivity index (χ4n) is 3.94. The maximum Gasteiger partial charge on any atom is 0.252 e. The first-order valence-electron chi connectivity index (χ1n) is 9.50. The van der Waals surface area contributed by atoms with Crippen molar-refractivity contribution in [3.8, 4) is 12.1 Å². The number of aromatic amines is 1. The molecule has 1 saturated carbocycles. The van der Waals surface area contributed by atoms with Gasteiger partial charge in [-0.3, -0.25) is 9.59 Å². The second-order valence-corrected chi connectivity index (χ2v) is 7.51. The van der Waals surface area contributed by atoms with Crippen LogP contribution < -0.4 is 10.9 Å². The molecule has 1 unspecified atom stereocenters. The molecule has 2 N–H and O–H groups in total. The zero-order valence-corrected chi connectivity index (χ0v) is 16.5. The Morgan fingerprint density at radius 2 is 1.93 bits per heavy atom. The molecule has 8 heteroatoms. The van der Waals surface area contributed by atoms with Crippen molar-refractivity contribution in [2.24, 2.45) is 0 Å². The number of nitrogens with one attached hydrogen (secondary N) is 2. The van der Waals surface area contributed by atoms with Crippen molar-refractivity contribution in [2.45, 2.75) is 38.1 Å². The number of pyridine rings is 1. The van der Waals surface area contributed by atoms with E-state index in [1.165, 1.54) is 12.4 Å². The Morgan fingerprint density at radius 1 is 1.23 bits per heavy atom. The fourth-order valence-corrected chi connectivity index (χ4v) is 3.94. The molecule has 1 atom stereocenters. The van der Waals surface area contributed by atoms with E-state index in [-0.39, 0.29) is 11.5 Å². The van der Waals surface area contributed by atoms with Crippen molar-refractivity contribution >= 4 is 16.8 Å². The lowest BCUT2D eigenvalue weighted by Gasteiger charge is -2.21. The van der Waals surface area contributed by atoms with E-state index >= 15 is 0 Å². The van der Waals surface area contributed by atoms with Crippen LogP contribution in [0.25, 0.3) is 10.9 Å². The second-order valence-electron chi connectivity index (χ2n) is 7.51. The van der Waals surface area contributed by atoms with Gasteiger partial charge in [-0.15, -0.1) is 0 Å². The molecule has 2 aromatic heterocycles. The average molecular weight is 398 g/mol. The third-order valence-corrected chi connectivity index (χ3v) is 5.61. The maximum absolute atomic E-state index is 13.2. The normalized spacial score (nSPS) is 15.1. The number of fused-ring (bicyclic) bond motifs is 1. The predicted octanol–water partition coefficient (Wildman–Crippen LogP) is 2.28. The summed E-state index contributed by atoms with van der Waals surface area (Å²) in [4.78, 5) is 37.2. The Hall–Kier alpha value is -4.04. The van der Waals surface area contributed by atoms with Gasteiger partial charge in [-0.1, -0.05) is 6.07 Å². The zero-order chi connectivity index (χ0) is 21.5. The number of rotatable bonds is 4. The Bertz CT molecular complexity index is 1310. The minimum Gasteiger partial charge on any atom is -0.346 e. The quantitative estimate of drug-likeness (QED) is 0.692. The highest BCUT2D eigenvalue weighted by atomic mass is 16.2. The molecule has 0 radical (unpaired) electrons. The highest BCUT2D eigenvalue weighted by molar-refractivity contribution is 5.95. The number of nitrogens with zero attached hydrogens (tertiary/aromatic N) is 4. The summed E-state index contributed by atoms with van der Waals surface area (Å²) >= 11 is 0. The Morgan fingerprint density at radius 3 is 2.53 bits per heavy atom. The number of nitriles is 2. The van der Waals surface area contributed by atoms with E-state index in [4.69, 9.17) is 5.26 Å². The summed E-state index contributed by atoms with van der Waals surface area (Å²) in [6.07, 6.45) is 3.90. The van der Waals surface area contributed by atoms with Gasteiger partial charge in [0, 0.05) is 28.9 Å². The lowest BCUT2D eigenvalue weighted by molar-refractivity contribution is -0.124. The van der Waals surface area contributed by atoms with Crippen LogP contribution in [0, 0.1) is 29.6 Å². The molecule has 0 bridgehead atoms. The van der Waals surface area contributed by atoms with Crippen LogP contribution in [0.3, 0.4) is 0 Å². The molecule has 1 aliphatic rings. The summed E-state index contributed by atoms with van der Waals surface area (Å²) in [6.45, 7) is 3.54. The van der Waals surface area contributed by atoms with Crippen LogP contribution in [-0.4, -0.2) is 20.9 Å². The van der Waals surface area contributed by atoms with Crippen LogP contribution in [0.2, 0.25) is 0 Å². The molecule has 1 aromatic carbocycles. The van der Waals surface area contributed by atoms with Gasteiger partial charge in [-0.2, -0.15) is 10.5 Å². The number of aromatic nitrogens is 3. The topological polar surface area (TPSA) is 135 Å². The highest BCUT2D eigenvalue weighted by Crippen LogP contribution is 2.49. The molecule has 4 rings (SSSR count). The summed E-state index contributed by atoms with van der Waals surface area (Å²) in [5.41, 5.74) is 1.18. The summed E-state index contributed by atoms with van der Waals surface area (Å²) in [5.74, 6) is 0.111. The molecular formula is C22H18N6O2. The number of carbonyl (C=O) groups is 1. The Balaban J connectivity index is 1.71. The van der Waals surface area contributed by atoms with E-state index in [1.54, 1.807) is 32.0 Å². The molecule has 1 aliphatic carbocycles. The van der Waals surface area contributed by atoms with Gasteiger partial charge in [0.2, 0.25) is 5.91 Å². The predicted molar refractivity (Wildman–Crippen MR) is 108 cm³/mol. The molecule has 148 valence electrons. The maximum atomic E-state index is 13.2. The van der Waals surface area contributed by atoms with Gasteiger partial charge in [0.05, 0.1) is 28.7 Å². The number of amides is 1. The number of H-pyrrole nitrogens is 1. The third kappa shape index (κ3) is 2.99. The number of hydrogen-bond donors (Lipinski definition) is 2. The summed E-state index contributed by atoms with van der Waals surface area (Å²) in [7, 11) is 0. The van der Waals surface area contributed by atoms with Gasteiger partial charge in [0.1, 0.15) is 11.9 Å². The van der Waals surface area contributed by atoms with Crippen molar-refractivity contribution < 1.29 is 4.79 Å². The summed E-state index contributed by atoms with van der Waals surface area (Å²) in [5, 5.41) is 21.9. The van der Waals surface area contributed by atoms with Gasteiger partial charge < -0.3 is 10.3 Å². The first kappa shape index (κ1) is 19.3. The molecule has 0 aliphatic heterocycles. The summed E-state index contributed by atoms with van der Waals surface area (Å²) in [6, 6.07) is 8.78. The molecule has 3 aromatic rings. The number of carbonyl (C=O) groups excluding carboxylic acids is 1. The van der Waals surface area contributed by atoms with Crippen LogP contribution >= 0.6 is 0 Å². The zero-order valence-electron chi connectivity index (χ0n) is 16.5. The van der Waals surface area contributed by atoms with E-state index in [1.807, 2.05) is 6.07 Å². The minimum absolute atomic E-state index is 0.273. The molecule has 1 fully saturated rings. The second kappa shape index (κ2) is 7.09. The minimum atomic E-state index is -0.935. The number of benzene rings is 1.